The second kappa shape index (κ2) is 7.36. The second-order valence-electron chi connectivity index (χ2n) is 8.39. The van der Waals surface area contributed by atoms with Crippen molar-refractivity contribution in [2.45, 2.75) is 43.4 Å². The van der Waals surface area contributed by atoms with Crippen LogP contribution in [0.4, 0.5) is 0 Å². The first-order valence-corrected chi connectivity index (χ1v) is 12.2. The number of nitrogens with zero attached hydrogens (tertiary/aromatic N) is 3. The molecular weight excluding hydrogens is 428 g/mol. The van der Waals surface area contributed by atoms with Crippen molar-refractivity contribution < 1.29 is 18.3 Å². The third kappa shape index (κ3) is 3.42. The highest BCUT2D eigenvalue weighted by atomic mass is 32.2. The fraction of sp³-hybridized carbons (Fsp3) is 0.304. The van der Waals surface area contributed by atoms with Gasteiger partial charge in [0, 0.05) is 53.3 Å². The van der Waals surface area contributed by atoms with Gasteiger partial charge >= 0.3 is 0 Å². The van der Waals surface area contributed by atoms with E-state index in [2.05, 4.69) is 16.2 Å². The van der Waals surface area contributed by atoms with Gasteiger partial charge in [-0.1, -0.05) is 0 Å². The minimum absolute atomic E-state index is 0.152. The summed E-state index contributed by atoms with van der Waals surface area (Å²) >= 11 is 0. The van der Waals surface area contributed by atoms with Crippen LogP contribution in [0.2, 0.25) is 0 Å². The third-order valence-corrected chi connectivity index (χ3v) is 7.15. The summed E-state index contributed by atoms with van der Waals surface area (Å²) in [6.07, 6.45) is 5.35. The normalized spacial score (nSPS) is 18.6. The molecule has 0 amide bonds. The number of hydrogen-bond acceptors (Lipinski definition) is 6. The van der Waals surface area contributed by atoms with Crippen LogP contribution in [0.1, 0.15) is 29.5 Å². The predicted octanol–water partition coefficient (Wildman–Crippen LogP) is 3.05. The Morgan fingerprint density at radius 3 is 2.81 bits per heavy atom. The summed E-state index contributed by atoms with van der Waals surface area (Å²) in [5.41, 5.74) is 3.33. The van der Waals surface area contributed by atoms with Gasteiger partial charge in [0.2, 0.25) is 0 Å². The van der Waals surface area contributed by atoms with Gasteiger partial charge < -0.3 is 14.8 Å². The Morgan fingerprint density at radius 1 is 1.34 bits per heavy atom. The molecule has 5 rings (SSSR count). The molecule has 0 aliphatic heterocycles. The van der Waals surface area contributed by atoms with Crippen molar-refractivity contribution in [1.29, 1.82) is 5.26 Å². The van der Waals surface area contributed by atoms with Gasteiger partial charge in [0.1, 0.15) is 17.7 Å². The van der Waals surface area contributed by atoms with Crippen molar-refractivity contribution in [3.05, 3.63) is 53.3 Å². The zero-order chi connectivity index (χ0) is 22.6. The van der Waals surface area contributed by atoms with Crippen LogP contribution in [0.25, 0.3) is 21.8 Å². The van der Waals surface area contributed by atoms with E-state index in [1.54, 1.807) is 29.1 Å². The number of aliphatic hydroxyl groups excluding tert-OH is 1. The van der Waals surface area contributed by atoms with Crippen LogP contribution in [-0.4, -0.2) is 46.8 Å². The average Bonchev–Trinajstić information content (AvgIpc) is 3.35. The Hall–Kier alpha value is -3.35. The Bertz CT molecular complexity index is 1500. The van der Waals surface area contributed by atoms with Crippen LogP contribution in [0.5, 0.6) is 5.75 Å². The minimum Gasteiger partial charge on any atom is -0.486 e. The van der Waals surface area contributed by atoms with Gasteiger partial charge in [-0.15, -0.1) is 0 Å². The molecule has 0 radical (unpaired) electrons. The number of aromatic amines is 1. The SMILES string of the molecule is Cc1cc(S(C)(=O)=O)c(Cn2cc3ccc(C#N)c(O[C@H]4C[C@@H](O)C4)c3n2)c2cc[nH]c12. The first-order chi connectivity index (χ1) is 15.2. The Kier molecular flexibility index (Phi) is 4.73. The summed E-state index contributed by atoms with van der Waals surface area (Å²) in [5, 5.41) is 25.4. The molecule has 2 heterocycles. The van der Waals surface area contributed by atoms with Crippen molar-refractivity contribution in [3.8, 4) is 11.8 Å². The number of aliphatic hydroxyl groups is 1. The van der Waals surface area contributed by atoms with Crippen molar-refractivity contribution in [3.63, 3.8) is 0 Å². The number of sulfone groups is 1. The number of ether oxygens (including phenoxy) is 1. The Balaban J connectivity index is 1.61. The van der Waals surface area contributed by atoms with E-state index in [1.165, 1.54) is 6.26 Å². The lowest BCUT2D eigenvalue weighted by atomic mass is 9.92. The minimum atomic E-state index is -3.46. The van der Waals surface area contributed by atoms with Crippen molar-refractivity contribution in [1.82, 2.24) is 14.8 Å². The highest BCUT2D eigenvalue weighted by molar-refractivity contribution is 7.90. The fourth-order valence-electron chi connectivity index (χ4n) is 4.29. The molecule has 0 spiro atoms. The van der Waals surface area contributed by atoms with E-state index in [0.717, 1.165) is 21.9 Å². The average molecular weight is 451 g/mol. The number of hydrogen-bond donors (Lipinski definition) is 2. The van der Waals surface area contributed by atoms with Gasteiger partial charge in [-0.05, 0) is 36.8 Å². The molecule has 2 aromatic carbocycles. The molecule has 2 aromatic heterocycles. The van der Waals surface area contributed by atoms with Crippen LogP contribution in [-0.2, 0) is 16.4 Å². The molecule has 8 nitrogen and oxygen atoms in total. The number of nitriles is 1. The maximum Gasteiger partial charge on any atom is 0.175 e. The summed E-state index contributed by atoms with van der Waals surface area (Å²) in [5.74, 6) is 0.402. The summed E-state index contributed by atoms with van der Waals surface area (Å²) in [7, 11) is -3.46. The van der Waals surface area contributed by atoms with Gasteiger partial charge in [0.25, 0.3) is 0 Å². The smallest absolute Gasteiger partial charge is 0.175 e. The maximum atomic E-state index is 12.5. The first-order valence-electron chi connectivity index (χ1n) is 10.3. The Morgan fingerprint density at radius 2 is 2.12 bits per heavy atom. The van der Waals surface area contributed by atoms with Crippen LogP contribution in [0, 0.1) is 18.3 Å². The molecular formula is C23H22N4O4S. The van der Waals surface area contributed by atoms with Crippen LogP contribution in [0.15, 0.2) is 41.6 Å². The standard InChI is InChI=1S/C23H22N4O4S/c1-13-7-20(32(2,29)30)19(18-5-6-25-21(13)18)12-27-11-15-4-3-14(10-24)23(22(15)26-27)31-17-8-16(28)9-17/h3-7,11,16-17,25,28H,8-9,12H2,1-2H3/t16-,17+. The van der Waals surface area contributed by atoms with Crippen LogP contribution < -0.4 is 4.74 Å². The molecule has 32 heavy (non-hydrogen) atoms. The number of H-pyrrole nitrogens is 1. The highest BCUT2D eigenvalue weighted by Crippen LogP contribution is 2.34. The molecule has 0 atom stereocenters. The Labute approximate surface area is 185 Å². The lowest BCUT2D eigenvalue weighted by Crippen LogP contribution is -2.37. The summed E-state index contributed by atoms with van der Waals surface area (Å²) in [6.45, 7) is 2.12. The molecule has 9 heteroatoms. The topological polar surface area (TPSA) is 121 Å². The van der Waals surface area contributed by atoms with Crippen LogP contribution >= 0.6 is 0 Å². The molecule has 1 fully saturated rings. The van der Waals surface area contributed by atoms with E-state index in [9.17, 15) is 18.8 Å². The van der Waals surface area contributed by atoms with Crippen molar-refractivity contribution >= 4 is 31.6 Å². The van der Waals surface area contributed by atoms with Crippen molar-refractivity contribution in [2.24, 2.45) is 0 Å². The lowest BCUT2D eigenvalue weighted by molar-refractivity contribution is -0.0103. The zero-order valence-corrected chi connectivity index (χ0v) is 18.5. The number of aryl methyl sites for hydroxylation is 1. The zero-order valence-electron chi connectivity index (χ0n) is 17.7. The summed E-state index contributed by atoms with van der Waals surface area (Å²) in [4.78, 5) is 3.46. The second-order valence-corrected chi connectivity index (χ2v) is 10.4. The molecule has 1 saturated carbocycles. The molecule has 0 bridgehead atoms. The molecule has 2 N–H and O–H groups in total. The quantitative estimate of drug-likeness (QED) is 0.482. The number of nitrogens with one attached hydrogen (secondary N) is 1. The molecule has 4 aromatic rings. The fourth-order valence-corrected chi connectivity index (χ4v) is 5.31. The molecule has 0 unspecified atom stereocenters. The predicted molar refractivity (Wildman–Crippen MR) is 119 cm³/mol. The third-order valence-electron chi connectivity index (χ3n) is 5.99. The van der Waals surface area contributed by atoms with E-state index in [4.69, 9.17) is 4.74 Å². The number of rotatable bonds is 5. The van der Waals surface area contributed by atoms with E-state index in [1.807, 2.05) is 19.2 Å². The largest absolute Gasteiger partial charge is 0.486 e. The van der Waals surface area contributed by atoms with E-state index in [0.29, 0.717) is 35.2 Å². The molecule has 0 saturated heterocycles. The van der Waals surface area contributed by atoms with E-state index < -0.39 is 9.84 Å². The number of fused-ring (bicyclic) bond motifs is 2. The van der Waals surface area contributed by atoms with E-state index >= 15 is 0 Å². The maximum absolute atomic E-state index is 12.5. The molecule has 1 aliphatic rings. The highest BCUT2D eigenvalue weighted by Gasteiger charge is 2.30. The summed E-state index contributed by atoms with van der Waals surface area (Å²) in [6, 6.07) is 9.21. The van der Waals surface area contributed by atoms with Gasteiger partial charge in [0.05, 0.1) is 23.1 Å². The van der Waals surface area contributed by atoms with Gasteiger partial charge in [-0.3, -0.25) is 4.68 Å². The van der Waals surface area contributed by atoms with E-state index in [-0.39, 0.29) is 23.6 Å². The van der Waals surface area contributed by atoms with Gasteiger partial charge in [-0.25, -0.2) is 8.42 Å². The lowest BCUT2D eigenvalue weighted by Gasteiger charge is -2.31. The van der Waals surface area contributed by atoms with Gasteiger partial charge in [0.15, 0.2) is 15.6 Å². The van der Waals surface area contributed by atoms with Crippen molar-refractivity contribution in [2.75, 3.05) is 6.26 Å². The molecule has 164 valence electrons. The summed E-state index contributed by atoms with van der Waals surface area (Å²) < 4.78 is 32.8. The monoisotopic (exact) mass is 450 g/mol. The molecule has 1 aliphatic carbocycles. The number of benzene rings is 2. The number of aromatic nitrogens is 3. The van der Waals surface area contributed by atoms with Crippen LogP contribution in [0.3, 0.4) is 0 Å². The first kappa shape index (κ1) is 20.5. The van der Waals surface area contributed by atoms with Gasteiger partial charge in [-0.2, -0.15) is 10.4 Å².